The Morgan fingerprint density at radius 3 is 1.60 bits per heavy atom. The van der Waals surface area contributed by atoms with E-state index in [1.54, 1.807) is 6.08 Å². The van der Waals surface area contributed by atoms with Crippen LogP contribution in [0.2, 0.25) is 0 Å². The van der Waals surface area contributed by atoms with Gasteiger partial charge in [-0.25, -0.2) is 0 Å². The number of hydrogen-bond donors (Lipinski definition) is 6. The monoisotopic (exact) mass is 946 g/mol. The van der Waals surface area contributed by atoms with Crippen molar-refractivity contribution in [1.29, 1.82) is 0 Å². The second-order valence-corrected chi connectivity index (χ2v) is 18.6. The third kappa shape index (κ3) is 36.0. The van der Waals surface area contributed by atoms with Crippen LogP contribution in [0.3, 0.4) is 0 Å². The van der Waals surface area contributed by atoms with Crippen LogP contribution in [0.4, 0.5) is 0 Å². The Hall–Kier alpha value is -2.64. The third-order valence-corrected chi connectivity index (χ3v) is 12.3. The molecule has 1 rings (SSSR count). The first-order chi connectivity index (χ1) is 32.7. The highest BCUT2D eigenvalue weighted by molar-refractivity contribution is 5.76. The van der Waals surface area contributed by atoms with E-state index in [-0.39, 0.29) is 24.9 Å². The van der Waals surface area contributed by atoms with Gasteiger partial charge >= 0.3 is 5.97 Å². The van der Waals surface area contributed by atoms with Crippen molar-refractivity contribution in [3.63, 3.8) is 0 Å². The molecule has 0 aromatic heterocycles. The van der Waals surface area contributed by atoms with E-state index in [1.807, 2.05) is 18.2 Å². The van der Waals surface area contributed by atoms with E-state index < -0.39 is 49.5 Å². The van der Waals surface area contributed by atoms with Crippen LogP contribution in [0, 0.1) is 0 Å². The summed E-state index contributed by atoms with van der Waals surface area (Å²) < 4.78 is 16.6. The molecule has 0 aromatic rings. The normalized spacial score (nSPS) is 20.0. The number of aliphatic hydroxyl groups excluding tert-OH is 5. The topological polar surface area (TPSA) is 175 Å². The van der Waals surface area contributed by atoms with Crippen LogP contribution in [0.5, 0.6) is 0 Å². The molecule has 1 saturated heterocycles. The van der Waals surface area contributed by atoms with Gasteiger partial charge < -0.3 is 45.1 Å². The zero-order chi connectivity index (χ0) is 48.8. The Morgan fingerprint density at radius 2 is 1.03 bits per heavy atom. The Morgan fingerprint density at radius 1 is 0.552 bits per heavy atom. The number of rotatable bonds is 45. The number of hydrogen-bond acceptors (Lipinski definition) is 10. The number of ether oxygens (including phenoxy) is 3. The fraction of sp³-hybridized carbons (Fsp3) is 0.786. The van der Waals surface area contributed by atoms with Gasteiger partial charge in [0.25, 0.3) is 0 Å². The van der Waals surface area contributed by atoms with Gasteiger partial charge in [0.05, 0.1) is 32.0 Å². The standard InChI is InChI=1S/C56H99NO10/c1-3-5-7-9-11-13-15-16-17-19-23-26-30-34-38-42-49(59)48(47-66-56-55(64)54(63)53(62)50(46-58)67-56)57-51(60)43-39-35-31-27-24-20-18-21-25-29-33-37-41-45-65-52(61)44-40-36-32-28-22-14-12-10-8-6-4-2/h15-16,20,23-24,26,31,35,38,42,48-50,53-56,58-59,62-64H,3-14,17-19,21-22,25,27-30,32-34,36-37,39-41,43-47H2,1-2H3,(H,57,60)/b16-15+,24-20-,26-23+,35-31-,42-38+. The summed E-state index contributed by atoms with van der Waals surface area (Å²) in [7, 11) is 0. The second kappa shape index (κ2) is 45.8. The lowest BCUT2D eigenvalue weighted by Gasteiger charge is -2.40. The number of allylic oxidation sites excluding steroid dienone is 9. The first kappa shape index (κ1) is 62.4. The van der Waals surface area contributed by atoms with E-state index in [2.05, 4.69) is 55.6 Å². The summed E-state index contributed by atoms with van der Waals surface area (Å²) in [6.45, 7) is 4.19. The summed E-state index contributed by atoms with van der Waals surface area (Å²) in [6, 6.07) is -0.879. The van der Waals surface area contributed by atoms with E-state index in [9.17, 15) is 35.1 Å². The van der Waals surface area contributed by atoms with Crippen molar-refractivity contribution in [2.24, 2.45) is 0 Å². The average Bonchev–Trinajstić information content (AvgIpc) is 3.32. The molecule has 6 N–H and O–H groups in total. The molecule has 1 heterocycles. The predicted molar refractivity (Wildman–Crippen MR) is 273 cm³/mol. The molecule has 1 amide bonds. The smallest absolute Gasteiger partial charge is 0.305 e. The van der Waals surface area contributed by atoms with Crippen molar-refractivity contribution < 1.29 is 49.3 Å². The molecule has 11 nitrogen and oxygen atoms in total. The molecule has 0 aromatic carbocycles. The van der Waals surface area contributed by atoms with Crippen LogP contribution in [-0.2, 0) is 23.8 Å². The van der Waals surface area contributed by atoms with Crippen molar-refractivity contribution in [1.82, 2.24) is 5.32 Å². The Balaban J connectivity index is 2.28. The molecule has 0 bridgehead atoms. The minimum Gasteiger partial charge on any atom is -0.466 e. The molecule has 0 aliphatic carbocycles. The summed E-state index contributed by atoms with van der Waals surface area (Å²) in [4.78, 5) is 25.0. The average molecular weight is 946 g/mol. The van der Waals surface area contributed by atoms with Crippen LogP contribution >= 0.6 is 0 Å². The van der Waals surface area contributed by atoms with E-state index in [0.717, 1.165) is 77.0 Å². The van der Waals surface area contributed by atoms with Crippen molar-refractivity contribution in [2.45, 2.75) is 262 Å². The third-order valence-electron chi connectivity index (χ3n) is 12.3. The molecule has 11 heteroatoms. The van der Waals surface area contributed by atoms with Gasteiger partial charge in [-0.05, 0) is 77.0 Å². The quantitative estimate of drug-likeness (QED) is 0.0196. The van der Waals surface area contributed by atoms with E-state index >= 15 is 0 Å². The molecule has 1 fully saturated rings. The van der Waals surface area contributed by atoms with Crippen LogP contribution < -0.4 is 5.32 Å². The highest BCUT2D eigenvalue weighted by Gasteiger charge is 2.44. The second-order valence-electron chi connectivity index (χ2n) is 18.6. The van der Waals surface area contributed by atoms with Crippen LogP contribution in [0.1, 0.15) is 219 Å². The zero-order valence-electron chi connectivity index (χ0n) is 42.3. The number of carbonyl (C=O) groups excluding carboxylic acids is 2. The van der Waals surface area contributed by atoms with Crippen molar-refractivity contribution in [3.05, 3.63) is 60.8 Å². The first-order valence-corrected chi connectivity index (χ1v) is 27.1. The lowest BCUT2D eigenvalue weighted by atomic mass is 9.99. The SMILES string of the molecule is CCCCCCC/C=C/CC/C=C/CC/C=C/C(O)C(COC1OC(CO)C(O)C(O)C1O)NC(=O)CC/C=C\C/C=C\CCCCCCCCOC(=O)CCCCCCCCCCCCC. The number of nitrogens with one attached hydrogen (secondary N) is 1. The minimum absolute atomic E-state index is 0.0423. The van der Waals surface area contributed by atoms with Crippen LogP contribution in [-0.4, -0.2) is 100 Å². The summed E-state index contributed by atoms with van der Waals surface area (Å²) in [5, 5.41) is 54.2. The predicted octanol–water partition coefficient (Wildman–Crippen LogP) is 11.5. The Bertz CT molecular complexity index is 1300. The van der Waals surface area contributed by atoms with Gasteiger partial charge in [-0.3, -0.25) is 9.59 Å². The van der Waals surface area contributed by atoms with Crippen molar-refractivity contribution in [3.8, 4) is 0 Å². The van der Waals surface area contributed by atoms with Crippen molar-refractivity contribution >= 4 is 11.9 Å². The van der Waals surface area contributed by atoms with E-state index in [1.165, 1.54) is 103 Å². The van der Waals surface area contributed by atoms with Gasteiger partial charge in [0, 0.05) is 12.8 Å². The molecular formula is C56H99NO10. The molecule has 67 heavy (non-hydrogen) atoms. The lowest BCUT2D eigenvalue weighted by Crippen LogP contribution is -2.60. The lowest BCUT2D eigenvalue weighted by molar-refractivity contribution is -0.302. The molecule has 388 valence electrons. The van der Waals surface area contributed by atoms with Gasteiger partial charge in [-0.1, -0.05) is 190 Å². The molecule has 0 radical (unpaired) electrons. The maximum Gasteiger partial charge on any atom is 0.305 e. The van der Waals surface area contributed by atoms with Crippen LogP contribution in [0.15, 0.2) is 60.8 Å². The molecule has 0 spiro atoms. The molecule has 7 atom stereocenters. The highest BCUT2D eigenvalue weighted by Crippen LogP contribution is 2.22. The van der Waals surface area contributed by atoms with Gasteiger partial charge in [-0.2, -0.15) is 0 Å². The maximum atomic E-state index is 13.0. The van der Waals surface area contributed by atoms with Crippen molar-refractivity contribution in [2.75, 3.05) is 19.8 Å². The Labute approximate surface area is 408 Å². The number of aliphatic hydroxyl groups is 5. The molecule has 1 aliphatic rings. The van der Waals surface area contributed by atoms with Gasteiger partial charge in [0.2, 0.25) is 5.91 Å². The maximum absolute atomic E-state index is 13.0. The van der Waals surface area contributed by atoms with Gasteiger partial charge in [-0.15, -0.1) is 0 Å². The summed E-state index contributed by atoms with van der Waals surface area (Å²) in [5.41, 5.74) is 0. The first-order valence-electron chi connectivity index (χ1n) is 27.1. The fourth-order valence-electron chi connectivity index (χ4n) is 7.98. The molecule has 1 aliphatic heterocycles. The highest BCUT2D eigenvalue weighted by atomic mass is 16.7. The molecule has 7 unspecified atom stereocenters. The van der Waals surface area contributed by atoms with Gasteiger partial charge in [0.1, 0.15) is 24.4 Å². The zero-order valence-corrected chi connectivity index (χ0v) is 42.3. The number of esters is 1. The van der Waals surface area contributed by atoms with E-state index in [0.29, 0.717) is 25.9 Å². The fourth-order valence-corrected chi connectivity index (χ4v) is 7.98. The summed E-state index contributed by atoms with van der Waals surface area (Å²) >= 11 is 0. The van der Waals surface area contributed by atoms with Crippen LogP contribution in [0.25, 0.3) is 0 Å². The summed E-state index contributed by atoms with van der Waals surface area (Å²) in [5.74, 6) is -0.321. The molecular weight excluding hydrogens is 847 g/mol. The number of unbranched alkanes of at least 4 members (excludes halogenated alkanes) is 23. The van der Waals surface area contributed by atoms with E-state index in [4.69, 9.17) is 14.2 Å². The summed E-state index contributed by atoms with van der Waals surface area (Å²) in [6.07, 6.45) is 47.4. The number of carbonyl (C=O) groups is 2. The Kier molecular flexibility index (Phi) is 42.6. The van der Waals surface area contributed by atoms with Gasteiger partial charge in [0.15, 0.2) is 6.29 Å². The largest absolute Gasteiger partial charge is 0.466 e. The molecule has 0 saturated carbocycles. The number of amides is 1. The minimum atomic E-state index is -1.60.